The van der Waals surface area contributed by atoms with Gasteiger partial charge in [0, 0.05) is 24.4 Å². The van der Waals surface area contributed by atoms with Crippen LogP contribution < -0.4 is 0 Å². The van der Waals surface area contributed by atoms with Crippen LogP contribution in [0.5, 0.6) is 0 Å². The number of aryl methyl sites for hydroxylation is 1. The van der Waals surface area contributed by atoms with Crippen molar-refractivity contribution >= 4 is 5.97 Å². The summed E-state index contributed by atoms with van der Waals surface area (Å²) in [6.07, 6.45) is 19.5. The molecule has 1 saturated carbocycles. The van der Waals surface area contributed by atoms with Gasteiger partial charge in [-0.25, -0.2) is 9.97 Å². The molecule has 1 N–H and O–H groups in total. The van der Waals surface area contributed by atoms with Crippen molar-refractivity contribution < 1.29 is 9.90 Å². The molecule has 4 heteroatoms. The normalized spacial score (nSPS) is 14.6. The van der Waals surface area contributed by atoms with Crippen LogP contribution in [0.1, 0.15) is 102 Å². The number of carboxylic acid groups (broad SMARTS) is 1. The van der Waals surface area contributed by atoms with Crippen LogP contribution in [0.3, 0.4) is 0 Å². The van der Waals surface area contributed by atoms with Gasteiger partial charge < -0.3 is 5.11 Å². The first-order valence-electron chi connectivity index (χ1n) is 14.3. The molecule has 1 heterocycles. The van der Waals surface area contributed by atoms with Crippen LogP contribution in [-0.4, -0.2) is 21.0 Å². The minimum Gasteiger partial charge on any atom is -0.481 e. The average molecular weight is 499 g/mol. The van der Waals surface area contributed by atoms with Crippen molar-refractivity contribution in [2.75, 3.05) is 0 Å². The lowest BCUT2D eigenvalue weighted by molar-refractivity contribution is -0.137. The zero-order valence-corrected chi connectivity index (χ0v) is 22.4. The van der Waals surface area contributed by atoms with Crippen LogP contribution in [0.4, 0.5) is 0 Å². The van der Waals surface area contributed by atoms with Crippen molar-refractivity contribution in [2.24, 2.45) is 0 Å². The lowest BCUT2D eigenvalue weighted by atomic mass is 9.74. The van der Waals surface area contributed by atoms with Gasteiger partial charge in [-0.2, -0.15) is 0 Å². The maximum absolute atomic E-state index is 10.8. The zero-order valence-electron chi connectivity index (χ0n) is 22.4. The number of aromatic nitrogens is 2. The summed E-state index contributed by atoms with van der Waals surface area (Å²) in [5, 5.41) is 8.89. The minimum atomic E-state index is -0.683. The number of unbranched alkanes of at least 4 members (excludes halogenated alkanes) is 5. The van der Waals surface area contributed by atoms with Gasteiger partial charge in [0.05, 0.1) is 0 Å². The van der Waals surface area contributed by atoms with Crippen LogP contribution in [0.25, 0.3) is 22.5 Å². The first-order valence-corrected chi connectivity index (χ1v) is 14.3. The third kappa shape index (κ3) is 7.50. The smallest absolute Gasteiger partial charge is 0.303 e. The fourth-order valence-electron chi connectivity index (χ4n) is 5.87. The van der Waals surface area contributed by atoms with Crippen molar-refractivity contribution in [3.05, 3.63) is 72.1 Å². The third-order valence-electron chi connectivity index (χ3n) is 8.10. The molecule has 4 nitrogen and oxygen atoms in total. The van der Waals surface area contributed by atoms with Gasteiger partial charge in [-0.15, -0.1) is 0 Å². The Morgan fingerprint density at radius 2 is 1.38 bits per heavy atom. The van der Waals surface area contributed by atoms with E-state index in [1.807, 2.05) is 12.4 Å². The Bertz CT molecular complexity index is 1100. The second-order valence-corrected chi connectivity index (χ2v) is 10.8. The molecule has 196 valence electrons. The number of hydrogen-bond donors (Lipinski definition) is 1. The van der Waals surface area contributed by atoms with Gasteiger partial charge in [-0.05, 0) is 66.2 Å². The number of aliphatic carboxylic acids is 1. The number of hydrogen-bond acceptors (Lipinski definition) is 3. The van der Waals surface area contributed by atoms with Crippen molar-refractivity contribution in [1.29, 1.82) is 0 Å². The molecule has 37 heavy (non-hydrogen) atoms. The number of nitrogens with zero attached hydrogens (tertiary/aromatic N) is 2. The Labute approximate surface area is 222 Å². The maximum atomic E-state index is 10.8. The zero-order chi connectivity index (χ0) is 25.9. The first kappa shape index (κ1) is 27.0. The van der Waals surface area contributed by atoms with Gasteiger partial charge in [-0.1, -0.05) is 100 Å². The van der Waals surface area contributed by atoms with E-state index in [0.717, 1.165) is 43.5 Å². The SMILES string of the molecule is CCCCCCc1cnc(-c2ccc(-c3ccc(C4(CCCCCC(=O)O)CCCC4)cc3)cc2)nc1. The quantitative estimate of drug-likeness (QED) is 0.226. The highest BCUT2D eigenvalue weighted by Crippen LogP contribution is 2.45. The molecule has 3 aromatic rings. The molecule has 0 bridgehead atoms. The second-order valence-electron chi connectivity index (χ2n) is 10.8. The molecule has 1 aliphatic rings. The standard InChI is InChI=1S/C33H42N2O2/c1-2-3-4-6-11-26-24-34-32(35-25-26)29-15-13-27(14-16-29)28-17-19-30(20-18-28)33(22-9-10-23-33)21-8-5-7-12-31(36)37/h13-20,24-25H,2-12,21-23H2,1H3,(H,36,37). The number of rotatable bonds is 14. The van der Waals surface area contributed by atoms with E-state index in [2.05, 4.69) is 65.4 Å². The van der Waals surface area contributed by atoms with Crippen molar-refractivity contribution in [1.82, 2.24) is 9.97 Å². The summed E-state index contributed by atoms with van der Waals surface area (Å²) >= 11 is 0. The summed E-state index contributed by atoms with van der Waals surface area (Å²) in [4.78, 5) is 20.0. The fraction of sp³-hybridized carbons (Fsp3) is 0.485. The van der Waals surface area contributed by atoms with Gasteiger partial charge in [0.1, 0.15) is 0 Å². The van der Waals surface area contributed by atoms with Crippen LogP contribution in [0, 0.1) is 0 Å². The van der Waals surface area contributed by atoms with E-state index in [-0.39, 0.29) is 11.8 Å². The largest absolute Gasteiger partial charge is 0.481 e. The van der Waals surface area contributed by atoms with Gasteiger partial charge >= 0.3 is 5.97 Å². The highest BCUT2D eigenvalue weighted by Gasteiger charge is 2.34. The predicted octanol–water partition coefficient (Wildman–Crippen LogP) is 8.78. The number of benzene rings is 2. The predicted molar refractivity (Wildman–Crippen MR) is 152 cm³/mol. The Hall–Kier alpha value is -3.01. The number of carboxylic acids is 1. The van der Waals surface area contributed by atoms with E-state index in [1.54, 1.807) is 0 Å². The third-order valence-corrected chi connectivity index (χ3v) is 8.10. The van der Waals surface area contributed by atoms with Crippen molar-refractivity contribution in [2.45, 2.75) is 102 Å². The van der Waals surface area contributed by atoms with E-state index >= 15 is 0 Å². The molecule has 4 rings (SSSR count). The summed E-state index contributed by atoms with van der Waals surface area (Å²) in [7, 11) is 0. The molecule has 1 aliphatic carbocycles. The highest BCUT2D eigenvalue weighted by atomic mass is 16.4. The van der Waals surface area contributed by atoms with Crippen LogP contribution in [0.2, 0.25) is 0 Å². The average Bonchev–Trinajstić information content (AvgIpc) is 3.41. The molecule has 0 saturated heterocycles. The monoisotopic (exact) mass is 498 g/mol. The second kappa shape index (κ2) is 13.5. The molecule has 0 unspecified atom stereocenters. The van der Waals surface area contributed by atoms with Crippen molar-refractivity contribution in [3.8, 4) is 22.5 Å². The lowest BCUT2D eigenvalue weighted by Crippen LogP contribution is -2.22. The number of carbonyl (C=O) groups is 1. The minimum absolute atomic E-state index is 0.269. The maximum Gasteiger partial charge on any atom is 0.303 e. The van der Waals surface area contributed by atoms with Crippen LogP contribution >= 0.6 is 0 Å². The molecule has 2 aromatic carbocycles. The van der Waals surface area contributed by atoms with Gasteiger partial charge in [0.2, 0.25) is 0 Å². The van der Waals surface area contributed by atoms with Crippen LogP contribution in [0.15, 0.2) is 60.9 Å². The Morgan fingerprint density at radius 1 is 0.784 bits per heavy atom. The topological polar surface area (TPSA) is 63.1 Å². The van der Waals surface area contributed by atoms with Gasteiger partial charge in [0.25, 0.3) is 0 Å². The summed E-state index contributed by atoms with van der Waals surface area (Å²) in [6, 6.07) is 17.8. The van der Waals surface area contributed by atoms with Gasteiger partial charge in [0.15, 0.2) is 5.82 Å². The first-order chi connectivity index (χ1) is 18.1. The van der Waals surface area contributed by atoms with Crippen LogP contribution in [-0.2, 0) is 16.6 Å². The molecule has 0 aliphatic heterocycles. The lowest BCUT2D eigenvalue weighted by Gasteiger charge is -2.30. The summed E-state index contributed by atoms with van der Waals surface area (Å²) < 4.78 is 0. The molecular weight excluding hydrogens is 456 g/mol. The summed E-state index contributed by atoms with van der Waals surface area (Å²) in [5.74, 6) is 0.100. The molecule has 0 amide bonds. The molecular formula is C33H42N2O2. The molecule has 0 atom stereocenters. The van der Waals surface area contributed by atoms with E-state index in [1.165, 1.54) is 73.6 Å². The van der Waals surface area contributed by atoms with E-state index in [0.29, 0.717) is 0 Å². The summed E-state index contributed by atoms with van der Waals surface area (Å²) in [5.41, 5.74) is 6.42. The fourth-order valence-corrected chi connectivity index (χ4v) is 5.87. The summed E-state index contributed by atoms with van der Waals surface area (Å²) in [6.45, 7) is 2.24. The van der Waals surface area contributed by atoms with Gasteiger partial charge in [-0.3, -0.25) is 4.79 Å². The Kier molecular flexibility index (Phi) is 9.87. The highest BCUT2D eigenvalue weighted by molar-refractivity contribution is 5.68. The van der Waals surface area contributed by atoms with E-state index < -0.39 is 5.97 Å². The van der Waals surface area contributed by atoms with E-state index in [9.17, 15) is 4.79 Å². The molecule has 1 aromatic heterocycles. The molecule has 1 fully saturated rings. The van der Waals surface area contributed by atoms with E-state index in [4.69, 9.17) is 5.11 Å². The molecule has 0 radical (unpaired) electrons. The van der Waals surface area contributed by atoms with Crippen molar-refractivity contribution in [3.63, 3.8) is 0 Å². The Balaban J connectivity index is 1.37. The Morgan fingerprint density at radius 3 is 2.00 bits per heavy atom. The molecule has 0 spiro atoms.